The van der Waals surface area contributed by atoms with E-state index in [4.69, 9.17) is 4.74 Å². The molecule has 146 valence electrons. The van der Waals surface area contributed by atoms with Crippen LogP contribution in [0.3, 0.4) is 0 Å². The number of para-hydroxylation sites is 1. The van der Waals surface area contributed by atoms with E-state index in [-0.39, 0.29) is 0 Å². The SMILES string of the molecule is Cc1cccc(CN(CCN(C)C)Cc2cccc(Oc3ccccc3)c2)c1. The largest absolute Gasteiger partial charge is 0.457 e. The molecule has 0 heterocycles. The van der Waals surface area contributed by atoms with E-state index in [1.807, 2.05) is 36.4 Å². The van der Waals surface area contributed by atoms with Crippen LogP contribution in [-0.2, 0) is 13.1 Å². The Balaban J connectivity index is 1.71. The van der Waals surface area contributed by atoms with E-state index in [9.17, 15) is 0 Å². The van der Waals surface area contributed by atoms with Gasteiger partial charge in [0.15, 0.2) is 0 Å². The van der Waals surface area contributed by atoms with Crippen LogP contribution in [0.15, 0.2) is 78.9 Å². The Bertz CT molecular complexity index is 861. The molecule has 0 atom stereocenters. The van der Waals surface area contributed by atoms with Crippen molar-refractivity contribution in [2.24, 2.45) is 0 Å². The molecule has 3 aromatic carbocycles. The Labute approximate surface area is 169 Å². The quantitative estimate of drug-likeness (QED) is 0.502. The topological polar surface area (TPSA) is 15.7 Å². The molecule has 0 aliphatic carbocycles. The van der Waals surface area contributed by atoms with Gasteiger partial charge >= 0.3 is 0 Å². The average Bonchev–Trinajstić information content (AvgIpc) is 2.67. The standard InChI is InChI=1S/C25H30N2O/c1-21-9-7-10-22(17-21)19-27(16-15-26(2)3)20-23-11-8-14-25(18-23)28-24-12-5-4-6-13-24/h4-14,17-18H,15-16,19-20H2,1-3H3. The molecule has 0 unspecified atom stereocenters. The molecule has 0 saturated heterocycles. The van der Waals surface area contributed by atoms with Crippen molar-refractivity contribution in [1.82, 2.24) is 9.80 Å². The molecule has 0 amide bonds. The van der Waals surface area contributed by atoms with Gasteiger partial charge in [0.05, 0.1) is 0 Å². The lowest BCUT2D eigenvalue weighted by atomic mass is 10.1. The van der Waals surface area contributed by atoms with Crippen LogP contribution < -0.4 is 4.74 Å². The van der Waals surface area contributed by atoms with Crippen LogP contribution in [0.2, 0.25) is 0 Å². The number of hydrogen-bond acceptors (Lipinski definition) is 3. The van der Waals surface area contributed by atoms with Crippen LogP contribution in [0, 0.1) is 6.92 Å². The highest BCUT2D eigenvalue weighted by atomic mass is 16.5. The van der Waals surface area contributed by atoms with Gasteiger partial charge in [-0.3, -0.25) is 4.90 Å². The summed E-state index contributed by atoms with van der Waals surface area (Å²) in [5, 5.41) is 0. The van der Waals surface area contributed by atoms with Crippen LogP contribution in [0.4, 0.5) is 0 Å². The number of likely N-dealkylation sites (N-methyl/N-ethyl adjacent to an activating group) is 1. The molecule has 3 rings (SSSR count). The summed E-state index contributed by atoms with van der Waals surface area (Å²) in [6, 6.07) is 27.1. The average molecular weight is 375 g/mol. The number of aryl methyl sites for hydroxylation is 1. The maximum atomic E-state index is 6.01. The first-order valence-electron chi connectivity index (χ1n) is 9.83. The fourth-order valence-electron chi connectivity index (χ4n) is 3.21. The molecular weight excluding hydrogens is 344 g/mol. The fraction of sp³-hybridized carbons (Fsp3) is 0.280. The first-order valence-corrected chi connectivity index (χ1v) is 9.83. The minimum Gasteiger partial charge on any atom is -0.457 e. The van der Waals surface area contributed by atoms with Crippen molar-refractivity contribution in [1.29, 1.82) is 0 Å². The fourth-order valence-corrected chi connectivity index (χ4v) is 3.21. The molecule has 0 fully saturated rings. The molecule has 0 spiro atoms. The Morgan fingerprint density at radius 1 is 0.679 bits per heavy atom. The summed E-state index contributed by atoms with van der Waals surface area (Å²) in [6.45, 7) is 6.04. The smallest absolute Gasteiger partial charge is 0.127 e. The van der Waals surface area contributed by atoms with E-state index >= 15 is 0 Å². The second-order valence-electron chi connectivity index (χ2n) is 7.57. The van der Waals surface area contributed by atoms with Gasteiger partial charge in [-0.2, -0.15) is 0 Å². The molecule has 3 nitrogen and oxygen atoms in total. The lowest BCUT2D eigenvalue weighted by Gasteiger charge is -2.24. The van der Waals surface area contributed by atoms with Gasteiger partial charge in [-0.05, 0) is 56.4 Å². The minimum atomic E-state index is 0.865. The summed E-state index contributed by atoms with van der Waals surface area (Å²) in [5.74, 6) is 1.75. The van der Waals surface area contributed by atoms with Crippen molar-refractivity contribution in [2.45, 2.75) is 20.0 Å². The van der Waals surface area contributed by atoms with Crippen LogP contribution in [0.5, 0.6) is 11.5 Å². The molecule has 0 aliphatic rings. The Kier molecular flexibility index (Phi) is 7.24. The Morgan fingerprint density at radius 3 is 2.00 bits per heavy atom. The van der Waals surface area contributed by atoms with E-state index in [0.29, 0.717) is 0 Å². The number of rotatable bonds is 9. The van der Waals surface area contributed by atoms with Crippen LogP contribution in [0.1, 0.15) is 16.7 Å². The number of ether oxygens (including phenoxy) is 1. The summed E-state index contributed by atoms with van der Waals surface area (Å²) >= 11 is 0. The molecule has 0 saturated carbocycles. The molecule has 3 aromatic rings. The number of benzene rings is 3. The zero-order valence-electron chi connectivity index (χ0n) is 17.1. The summed E-state index contributed by atoms with van der Waals surface area (Å²) < 4.78 is 6.01. The Morgan fingerprint density at radius 2 is 1.32 bits per heavy atom. The number of hydrogen-bond donors (Lipinski definition) is 0. The van der Waals surface area contributed by atoms with Gasteiger partial charge < -0.3 is 9.64 Å². The molecule has 3 heteroatoms. The van der Waals surface area contributed by atoms with Crippen LogP contribution in [-0.4, -0.2) is 37.0 Å². The summed E-state index contributed by atoms with van der Waals surface area (Å²) in [6.07, 6.45) is 0. The van der Waals surface area contributed by atoms with Gasteiger partial charge in [0, 0.05) is 26.2 Å². The molecule has 28 heavy (non-hydrogen) atoms. The molecule has 0 N–H and O–H groups in total. The summed E-state index contributed by atoms with van der Waals surface area (Å²) in [7, 11) is 4.25. The first-order chi connectivity index (χ1) is 13.6. The highest BCUT2D eigenvalue weighted by molar-refractivity contribution is 5.34. The molecule has 0 aromatic heterocycles. The highest BCUT2D eigenvalue weighted by Gasteiger charge is 2.09. The lowest BCUT2D eigenvalue weighted by Crippen LogP contribution is -2.31. The maximum Gasteiger partial charge on any atom is 0.127 e. The van der Waals surface area contributed by atoms with Gasteiger partial charge in [-0.1, -0.05) is 60.2 Å². The highest BCUT2D eigenvalue weighted by Crippen LogP contribution is 2.23. The first kappa shape index (κ1) is 20.1. The summed E-state index contributed by atoms with van der Waals surface area (Å²) in [5.41, 5.74) is 3.93. The maximum absolute atomic E-state index is 6.01. The van der Waals surface area contributed by atoms with Crippen molar-refractivity contribution in [3.8, 4) is 11.5 Å². The second-order valence-corrected chi connectivity index (χ2v) is 7.57. The van der Waals surface area contributed by atoms with Crippen LogP contribution in [0.25, 0.3) is 0 Å². The third-order valence-corrected chi connectivity index (χ3v) is 4.64. The lowest BCUT2D eigenvalue weighted by molar-refractivity contribution is 0.226. The van der Waals surface area contributed by atoms with E-state index in [0.717, 1.165) is 37.7 Å². The van der Waals surface area contributed by atoms with E-state index in [2.05, 4.69) is 73.3 Å². The van der Waals surface area contributed by atoms with Gasteiger partial charge in [0.2, 0.25) is 0 Å². The van der Waals surface area contributed by atoms with Crippen molar-refractivity contribution < 1.29 is 4.74 Å². The zero-order valence-corrected chi connectivity index (χ0v) is 17.1. The van der Waals surface area contributed by atoms with E-state index < -0.39 is 0 Å². The van der Waals surface area contributed by atoms with Crippen molar-refractivity contribution >= 4 is 0 Å². The van der Waals surface area contributed by atoms with E-state index in [1.54, 1.807) is 0 Å². The monoisotopic (exact) mass is 374 g/mol. The number of nitrogens with zero attached hydrogens (tertiary/aromatic N) is 2. The van der Waals surface area contributed by atoms with Crippen molar-refractivity contribution in [3.05, 3.63) is 95.6 Å². The van der Waals surface area contributed by atoms with Crippen molar-refractivity contribution in [2.75, 3.05) is 27.2 Å². The Hall–Kier alpha value is -2.62. The van der Waals surface area contributed by atoms with Crippen molar-refractivity contribution in [3.63, 3.8) is 0 Å². The molecule has 0 aliphatic heterocycles. The third-order valence-electron chi connectivity index (χ3n) is 4.64. The molecule has 0 radical (unpaired) electrons. The van der Waals surface area contributed by atoms with Gasteiger partial charge in [-0.25, -0.2) is 0 Å². The van der Waals surface area contributed by atoms with Crippen LogP contribution >= 0.6 is 0 Å². The second kappa shape index (κ2) is 10.1. The molecule has 0 bridgehead atoms. The summed E-state index contributed by atoms with van der Waals surface area (Å²) in [4.78, 5) is 4.73. The predicted molar refractivity (Wildman–Crippen MR) is 117 cm³/mol. The van der Waals surface area contributed by atoms with Gasteiger partial charge in [-0.15, -0.1) is 0 Å². The predicted octanol–water partition coefficient (Wildman–Crippen LogP) is 5.35. The van der Waals surface area contributed by atoms with Gasteiger partial charge in [0.1, 0.15) is 11.5 Å². The van der Waals surface area contributed by atoms with Gasteiger partial charge in [0.25, 0.3) is 0 Å². The molecular formula is C25H30N2O. The zero-order chi connectivity index (χ0) is 19.8. The van der Waals surface area contributed by atoms with E-state index in [1.165, 1.54) is 16.7 Å². The normalized spacial score (nSPS) is 11.2. The third kappa shape index (κ3) is 6.52. The minimum absolute atomic E-state index is 0.865.